The van der Waals surface area contributed by atoms with E-state index < -0.39 is 23.8 Å². The maximum Gasteiger partial charge on any atom is 0.334 e. The van der Waals surface area contributed by atoms with Crippen molar-refractivity contribution in [3.63, 3.8) is 0 Å². The maximum atomic E-state index is 12.2. The number of Topliss-reactive ketones (excluding diaryl/α,β-unsaturated/α-hetero) is 1. The van der Waals surface area contributed by atoms with E-state index in [0.717, 1.165) is 0 Å². The van der Waals surface area contributed by atoms with Gasteiger partial charge in [0.2, 0.25) is 0 Å². The lowest BCUT2D eigenvalue weighted by Gasteiger charge is -2.24. The zero-order valence-corrected chi connectivity index (χ0v) is 11.7. The number of ketones is 1. The monoisotopic (exact) mass is 291 g/mol. The summed E-state index contributed by atoms with van der Waals surface area (Å²) in [5.74, 6) is -2.55. The predicted molar refractivity (Wildman–Crippen MR) is 75.6 cm³/mol. The van der Waals surface area contributed by atoms with Gasteiger partial charge in [-0.2, -0.15) is 0 Å². The number of benzene rings is 1. The number of rotatable bonds is 6. The Kier molecular flexibility index (Phi) is 4.26. The van der Waals surface area contributed by atoms with Crippen LogP contribution in [0.25, 0.3) is 0 Å². The van der Waals surface area contributed by atoms with Crippen molar-refractivity contribution in [2.75, 3.05) is 11.4 Å². The Morgan fingerprint density at radius 2 is 1.95 bits per heavy atom. The minimum Gasteiger partial charge on any atom is -0.481 e. The highest BCUT2D eigenvalue weighted by Gasteiger charge is 2.41. The molecular weight excluding hydrogens is 274 g/mol. The molecule has 0 saturated carbocycles. The van der Waals surface area contributed by atoms with Crippen LogP contribution in [0.5, 0.6) is 0 Å². The number of carboxylic acid groups (broad SMARTS) is 2. The number of carbonyl (C=O) groups excluding carboxylic acids is 1. The van der Waals surface area contributed by atoms with Crippen molar-refractivity contribution in [1.82, 2.24) is 0 Å². The van der Waals surface area contributed by atoms with Crippen LogP contribution in [0.4, 0.5) is 5.69 Å². The fourth-order valence-corrected chi connectivity index (χ4v) is 2.62. The largest absolute Gasteiger partial charge is 0.481 e. The fourth-order valence-electron chi connectivity index (χ4n) is 2.62. The van der Waals surface area contributed by atoms with E-state index >= 15 is 0 Å². The van der Waals surface area contributed by atoms with Gasteiger partial charge in [-0.15, -0.1) is 0 Å². The molecule has 2 atom stereocenters. The number of carbonyl (C=O) groups is 3. The van der Waals surface area contributed by atoms with E-state index in [1.165, 1.54) is 0 Å². The van der Waals surface area contributed by atoms with Gasteiger partial charge in [0.05, 0.1) is 0 Å². The summed E-state index contributed by atoms with van der Waals surface area (Å²) in [6.07, 6.45) is 0.541. The highest BCUT2D eigenvalue weighted by Crippen LogP contribution is 2.32. The van der Waals surface area contributed by atoms with E-state index in [4.69, 9.17) is 5.11 Å². The van der Waals surface area contributed by atoms with Crippen LogP contribution in [0.15, 0.2) is 24.3 Å². The molecule has 0 amide bonds. The van der Waals surface area contributed by atoms with Gasteiger partial charge >= 0.3 is 11.9 Å². The number of hydrogen-bond donors (Lipinski definition) is 2. The van der Waals surface area contributed by atoms with Crippen molar-refractivity contribution in [1.29, 1.82) is 0 Å². The number of hydrogen-bond acceptors (Lipinski definition) is 4. The highest BCUT2D eigenvalue weighted by molar-refractivity contribution is 6.20. The predicted octanol–water partition coefficient (Wildman–Crippen LogP) is 1.64. The summed E-state index contributed by atoms with van der Waals surface area (Å²) in [4.78, 5) is 35.7. The molecule has 0 bridgehead atoms. The van der Waals surface area contributed by atoms with Gasteiger partial charge < -0.3 is 15.1 Å². The molecule has 0 fully saturated rings. The Morgan fingerprint density at radius 3 is 2.57 bits per heavy atom. The van der Waals surface area contributed by atoms with Crippen molar-refractivity contribution >= 4 is 23.4 Å². The molecule has 1 aromatic carbocycles. The third-order valence-corrected chi connectivity index (χ3v) is 3.66. The lowest BCUT2D eigenvalue weighted by Crippen LogP contribution is -2.42. The molecule has 0 saturated heterocycles. The number of carboxylic acids is 2. The number of nitrogens with zero attached hydrogens (tertiary/aromatic N) is 1. The Hall–Kier alpha value is -2.37. The first-order valence-corrected chi connectivity index (χ1v) is 6.76. The molecule has 1 aliphatic rings. The number of para-hydroxylation sites is 1. The number of aliphatic carboxylic acids is 2. The summed E-state index contributed by atoms with van der Waals surface area (Å²) in [7, 11) is 0. The Morgan fingerprint density at radius 1 is 1.29 bits per heavy atom. The Balaban J connectivity index is 2.17. The molecule has 6 nitrogen and oxygen atoms in total. The zero-order valence-electron chi connectivity index (χ0n) is 11.7. The number of fused-ring (bicyclic) bond motifs is 1. The van der Waals surface area contributed by atoms with Gasteiger partial charge in [0.1, 0.15) is 0 Å². The van der Waals surface area contributed by atoms with Gasteiger partial charge in [0.15, 0.2) is 11.8 Å². The second kappa shape index (κ2) is 5.95. The average molecular weight is 291 g/mol. The second-order valence-electron chi connectivity index (χ2n) is 5.31. The molecule has 112 valence electrons. The van der Waals surface area contributed by atoms with E-state index in [9.17, 15) is 19.5 Å². The topological polar surface area (TPSA) is 94.9 Å². The van der Waals surface area contributed by atoms with Gasteiger partial charge in [-0.1, -0.05) is 19.1 Å². The van der Waals surface area contributed by atoms with E-state index in [-0.39, 0.29) is 12.3 Å². The summed E-state index contributed by atoms with van der Waals surface area (Å²) in [5.41, 5.74) is 1.02. The van der Waals surface area contributed by atoms with Gasteiger partial charge in [-0.3, -0.25) is 9.59 Å². The normalized spacial score (nSPS) is 18.4. The number of anilines is 1. The van der Waals surface area contributed by atoms with Gasteiger partial charge in [-0.05, 0) is 24.5 Å². The molecule has 0 spiro atoms. The van der Waals surface area contributed by atoms with Crippen LogP contribution in [-0.4, -0.2) is 40.5 Å². The van der Waals surface area contributed by atoms with E-state index in [1.54, 1.807) is 36.1 Å². The van der Waals surface area contributed by atoms with Gasteiger partial charge in [-0.25, -0.2) is 4.79 Å². The van der Waals surface area contributed by atoms with E-state index in [0.29, 0.717) is 24.2 Å². The molecule has 6 heteroatoms. The molecule has 0 aromatic heterocycles. The van der Waals surface area contributed by atoms with Crippen molar-refractivity contribution < 1.29 is 24.6 Å². The van der Waals surface area contributed by atoms with Crippen LogP contribution >= 0.6 is 0 Å². The van der Waals surface area contributed by atoms with Crippen molar-refractivity contribution in [3.05, 3.63) is 29.8 Å². The minimum atomic E-state index is -1.21. The Labute approximate surface area is 122 Å². The molecule has 2 rings (SSSR count). The fraction of sp³-hybridized carbons (Fsp3) is 0.400. The summed E-state index contributed by atoms with van der Waals surface area (Å²) < 4.78 is 0. The molecule has 1 aliphatic heterocycles. The maximum absolute atomic E-state index is 12.2. The zero-order chi connectivity index (χ0) is 15.6. The first kappa shape index (κ1) is 15.0. The molecule has 0 radical (unpaired) electrons. The van der Waals surface area contributed by atoms with Crippen molar-refractivity contribution in [2.24, 2.45) is 5.92 Å². The third-order valence-electron chi connectivity index (χ3n) is 3.66. The van der Waals surface area contributed by atoms with E-state index in [1.807, 2.05) is 0 Å². The average Bonchev–Trinajstić information content (AvgIpc) is 2.69. The molecule has 0 unspecified atom stereocenters. The van der Waals surface area contributed by atoms with Crippen LogP contribution < -0.4 is 4.90 Å². The summed E-state index contributed by atoms with van der Waals surface area (Å²) >= 11 is 0. The smallest absolute Gasteiger partial charge is 0.334 e. The van der Waals surface area contributed by atoms with Gasteiger partial charge in [0, 0.05) is 24.2 Å². The van der Waals surface area contributed by atoms with Gasteiger partial charge in [0.25, 0.3) is 0 Å². The third kappa shape index (κ3) is 3.04. The lowest BCUT2D eigenvalue weighted by molar-refractivity contribution is -0.139. The Bertz CT molecular complexity index is 583. The molecule has 0 aliphatic carbocycles. The second-order valence-corrected chi connectivity index (χ2v) is 5.31. The van der Waals surface area contributed by atoms with Crippen molar-refractivity contribution in [2.45, 2.75) is 25.8 Å². The first-order chi connectivity index (χ1) is 9.91. The van der Waals surface area contributed by atoms with Crippen LogP contribution in [0.2, 0.25) is 0 Å². The summed E-state index contributed by atoms with van der Waals surface area (Å²) in [6.45, 7) is 2.14. The lowest BCUT2D eigenvalue weighted by atomic mass is 10.0. The summed E-state index contributed by atoms with van der Waals surface area (Å²) in [5, 5.41) is 18.0. The van der Waals surface area contributed by atoms with Crippen molar-refractivity contribution in [3.8, 4) is 0 Å². The SMILES string of the molecule is C[C@@H](CCN1c2ccccc2C(=O)[C@H]1C(=O)O)CC(=O)O. The highest BCUT2D eigenvalue weighted by atomic mass is 16.4. The van der Waals surface area contributed by atoms with Crippen LogP contribution in [0.1, 0.15) is 30.1 Å². The standard InChI is InChI=1S/C15H17NO5/c1-9(8-12(17)18)6-7-16-11-5-3-2-4-10(11)14(19)13(16)15(20)21/h2-5,9,13H,6-8H2,1H3,(H,17,18)(H,20,21)/t9-,13-/m0/s1. The molecule has 1 aromatic rings. The van der Waals surface area contributed by atoms with Crippen LogP contribution in [-0.2, 0) is 9.59 Å². The molecule has 21 heavy (non-hydrogen) atoms. The molecule has 2 N–H and O–H groups in total. The molecular formula is C15H17NO5. The van der Waals surface area contributed by atoms with E-state index in [2.05, 4.69) is 0 Å². The summed E-state index contributed by atoms with van der Waals surface area (Å²) in [6, 6.07) is 5.59. The van der Waals surface area contributed by atoms with Crippen LogP contribution in [0, 0.1) is 5.92 Å². The minimum absolute atomic E-state index is 0.0289. The first-order valence-electron chi connectivity index (χ1n) is 6.76. The van der Waals surface area contributed by atoms with Crippen LogP contribution in [0.3, 0.4) is 0 Å². The quantitative estimate of drug-likeness (QED) is 0.774. The molecule has 1 heterocycles.